The lowest BCUT2D eigenvalue weighted by Gasteiger charge is -2.34. The Bertz CT molecular complexity index is 678. The minimum Gasteiger partial charge on any atom is -0.340 e. The Morgan fingerprint density at radius 1 is 1.21 bits per heavy atom. The van der Waals surface area contributed by atoms with E-state index in [-0.39, 0.29) is 11.7 Å². The van der Waals surface area contributed by atoms with Crippen LogP contribution in [0.2, 0.25) is 0 Å². The fraction of sp³-hybridized carbons (Fsp3) is 0.444. The van der Waals surface area contributed by atoms with E-state index in [9.17, 15) is 9.18 Å². The number of aryl methyl sites for hydroxylation is 2. The van der Waals surface area contributed by atoms with E-state index in [1.165, 1.54) is 17.0 Å². The number of aromatic nitrogens is 1. The first-order valence-electron chi connectivity index (χ1n) is 8.26. The monoisotopic (exact) mass is 347 g/mol. The molecule has 1 amide bonds. The first kappa shape index (κ1) is 17.0. The third-order valence-corrected chi connectivity index (χ3v) is 5.21. The fourth-order valence-corrected chi connectivity index (χ4v) is 3.75. The van der Waals surface area contributed by atoms with E-state index in [1.807, 2.05) is 18.0 Å². The van der Waals surface area contributed by atoms with E-state index in [0.717, 1.165) is 43.3 Å². The van der Waals surface area contributed by atoms with E-state index < -0.39 is 0 Å². The van der Waals surface area contributed by atoms with Crippen molar-refractivity contribution in [1.29, 1.82) is 0 Å². The highest BCUT2D eigenvalue weighted by Gasteiger charge is 2.21. The zero-order valence-electron chi connectivity index (χ0n) is 13.9. The van der Waals surface area contributed by atoms with Crippen molar-refractivity contribution in [2.45, 2.75) is 26.3 Å². The number of piperazine rings is 1. The van der Waals surface area contributed by atoms with Gasteiger partial charge in [0.1, 0.15) is 5.82 Å². The van der Waals surface area contributed by atoms with Crippen LogP contribution in [0.25, 0.3) is 0 Å². The van der Waals surface area contributed by atoms with E-state index in [1.54, 1.807) is 23.5 Å². The molecular formula is C18H22FN3OS. The minimum absolute atomic E-state index is 0.188. The van der Waals surface area contributed by atoms with Crippen molar-refractivity contribution in [3.05, 3.63) is 51.7 Å². The maximum Gasteiger partial charge on any atom is 0.222 e. The highest BCUT2D eigenvalue weighted by Crippen LogP contribution is 2.16. The first-order chi connectivity index (χ1) is 11.6. The molecule has 1 aromatic carbocycles. The van der Waals surface area contributed by atoms with Gasteiger partial charge < -0.3 is 4.90 Å². The first-order valence-corrected chi connectivity index (χ1v) is 9.08. The summed E-state index contributed by atoms with van der Waals surface area (Å²) in [7, 11) is 0. The summed E-state index contributed by atoms with van der Waals surface area (Å²) in [6, 6.07) is 6.38. The molecule has 0 aliphatic carbocycles. The van der Waals surface area contributed by atoms with Crippen LogP contribution in [0, 0.1) is 12.7 Å². The third kappa shape index (κ3) is 4.61. The molecule has 0 spiro atoms. The van der Waals surface area contributed by atoms with Gasteiger partial charge >= 0.3 is 0 Å². The van der Waals surface area contributed by atoms with Crippen molar-refractivity contribution in [1.82, 2.24) is 14.8 Å². The molecule has 1 aliphatic rings. The lowest BCUT2D eigenvalue weighted by molar-refractivity contribution is -0.132. The summed E-state index contributed by atoms with van der Waals surface area (Å²) < 4.78 is 12.9. The van der Waals surface area contributed by atoms with Crippen LogP contribution >= 0.6 is 11.3 Å². The van der Waals surface area contributed by atoms with Gasteiger partial charge in [0.2, 0.25) is 5.91 Å². The van der Waals surface area contributed by atoms with Gasteiger partial charge in [-0.15, -0.1) is 11.3 Å². The molecule has 1 aliphatic heterocycles. The van der Waals surface area contributed by atoms with Gasteiger partial charge in [0.15, 0.2) is 0 Å². The van der Waals surface area contributed by atoms with Crippen LogP contribution in [-0.2, 0) is 17.8 Å². The number of nitrogens with zero attached hydrogens (tertiary/aromatic N) is 3. The third-order valence-electron chi connectivity index (χ3n) is 4.31. The maximum absolute atomic E-state index is 12.9. The van der Waals surface area contributed by atoms with Crippen LogP contribution in [0.3, 0.4) is 0 Å². The van der Waals surface area contributed by atoms with Gasteiger partial charge in [-0.3, -0.25) is 9.69 Å². The molecular weight excluding hydrogens is 325 g/mol. The SMILES string of the molecule is Cc1ncc(CN2CCN(C(=O)CCc3ccc(F)cc3)CC2)s1. The Labute approximate surface area is 145 Å². The smallest absolute Gasteiger partial charge is 0.222 e. The number of carbonyl (C=O) groups is 1. The van der Waals surface area contributed by atoms with Crippen LogP contribution in [0.1, 0.15) is 21.9 Å². The van der Waals surface area contributed by atoms with Gasteiger partial charge in [-0.1, -0.05) is 12.1 Å². The lowest BCUT2D eigenvalue weighted by Crippen LogP contribution is -2.48. The maximum atomic E-state index is 12.9. The summed E-state index contributed by atoms with van der Waals surface area (Å²) in [5, 5.41) is 1.10. The molecule has 3 rings (SSSR count). The molecule has 2 aromatic rings. The number of hydrogen-bond acceptors (Lipinski definition) is 4. The molecule has 1 fully saturated rings. The molecule has 24 heavy (non-hydrogen) atoms. The topological polar surface area (TPSA) is 36.4 Å². The average molecular weight is 347 g/mol. The Morgan fingerprint density at radius 3 is 2.54 bits per heavy atom. The van der Waals surface area contributed by atoms with E-state index in [0.29, 0.717) is 12.8 Å². The molecule has 0 unspecified atom stereocenters. The van der Waals surface area contributed by atoms with Gasteiger partial charge in [0.05, 0.1) is 5.01 Å². The predicted octanol–water partition coefficient (Wildman–Crippen LogP) is 2.87. The van der Waals surface area contributed by atoms with Crippen molar-refractivity contribution in [3.8, 4) is 0 Å². The van der Waals surface area contributed by atoms with Gasteiger partial charge in [0, 0.05) is 50.2 Å². The van der Waals surface area contributed by atoms with Crippen molar-refractivity contribution in [3.63, 3.8) is 0 Å². The number of carbonyl (C=O) groups excluding carboxylic acids is 1. The standard InChI is InChI=1S/C18H22FN3OS/c1-14-20-12-17(24-14)13-21-8-10-22(11-9-21)18(23)7-4-15-2-5-16(19)6-3-15/h2-3,5-6,12H,4,7-11,13H2,1H3. The Kier molecular flexibility index (Phi) is 5.58. The molecule has 0 bridgehead atoms. The van der Waals surface area contributed by atoms with Crippen LogP contribution in [0.15, 0.2) is 30.5 Å². The normalized spacial score (nSPS) is 15.7. The molecule has 0 radical (unpaired) electrons. The van der Waals surface area contributed by atoms with E-state index in [4.69, 9.17) is 0 Å². The highest BCUT2D eigenvalue weighted by atomic mass is 32.1. The van der Waals surface area contributed by atoms with E-state index in [2.05, 4.69) is 9.88 Å². The zero-order chi connectivity index (χ0) is 16.9. The second-order valence-corrected chi connectivity index (χ2v) is 7.45. The molecule has 128 valence electrons. The summed E-state index contributed by atoms with van der Waals surface area (Å²) in [4.78, 5) is 22.2. The summed E-state index contributed by atoms with van der Waals surface area (Å²) in [6.07, 6.45) is 3.10. The lowest BCUT2D eigenvalue weighted by atomic mass is 10.1. The van der Waals surface area contributed by atoms with Gasteiger partial charge in [-0.05, 0) is 31.0 Å². The molecule has 1 aromatic heterocycles. The van der Waals surface area contributed by atoms with Gasteiger partial charge in [0.25, 0.3) is 0 Å². The zero-order valence-corrected chi connectivity index (χ0v) is 14.7. The van der Waals surface area contributed by atoms with Crippen LogP contribution in [0.4, 0.5) is 4.39 Å². The highest BCUT2D eigenvalue weighted by molar-refractivity contribution is 7.11. The summed E-state index contributed by atoms with van der Waals surface area (Å²) in [5.41, 5.74) is 1.00. The molecule has 6 heteroatoms. The van der Waals surface area contributed by atoms with Crippen molar-refractivity contribution in [2.75, 3.05) is 26.2 Å². The molecule has 0 atom stereocenters. The van der Waals surface area contributed by atoms with E-state index >= 15 is 0 Å². The molecule has 0 N–H and O–H groups in total. The molecule has 4 nitrogen and oxygen atoms in total. The van der Waals surface area contributed by atoms with Crippen molar-refractivity contribution in [2.24, 2.45) is 0 Å². The van der Waals surface area contributed by atoms with Crippen LogP contribution in [-0.4, -0.2) is 46.9 Å². The Hall–Kier alpha value is -1.79. The Balaban J connectivity index is 1.42. The predicted molar refractivity (Wildman–Crippen MR) is 93.4 cm³/mol. The molecule has 0 saturated carbocycles. The number of hydrogen-bond donors (Lipinski definition) is 0. The average Bonchev–Trinajstić information content (AvgIpc) is 2.99. The minimum atomic E-state index is -0.239. The fourth-order valence-electron chi connectivity index (χ4n) is 2.91. The van der Waals surface area contributed by atoms with Crippen LogP contribution in [0.5, 0.6) is 0 Å². The number of amides is 1. The quantitative estimate of drug-likeness (QED) is 0.834. The van der Waals surface area contributed by atoms with Gasteiger partial charge in [-0.25, -0.2) is 9.37 Å². The summed E-state index contributed by atoms with van der Waals surface area (Å²) in [5.74, 6) is -0.0510. The Morgan fingerprint density at radius 2 is 1.92 bits per heavy atom. The number of halogens is 1. The summed E-state index contributed by atoms with van der Waals surface area (Å²) >= 11 is 1.74. The number of thiazole rings is 1. The number of benzene rings is 1. The second kappa shape index (κ2) is 7.85. The van der Waals surface area contributed by atoms with Crippen LogP contribution < -0.4 is 0 Å². The largest absolute Gasteiger partial charge is 0.340 e. The van der Waals surface area contributed by atoms with Gasteiger partial charge in [-0.2, -0.15) is 0 Å². The van der Waals surface area contributed by atoms with Crippen molar-refractivity contribution >= 4 is 17.2 Å². The summed E-state index contributed by atoms with van der Waals surface area (Å²) in [6.45, 7) is 6.30. The molecule has 2 heterocycles. The second-order valence-electron chi connectivity index (χ2n) is 6.13. The molecule has 1 saturated heterocycles. The number of rotatable bonds is 5. The van der Waals surface area contributed by atoms with Crippen molar-refractivity contribution < 1.29 is 9.18 Å².